The fourth-order valence-electron chi connectivity index (χ4n) is 2.44. The molecule has 140 valence electrons. The van der Waals surface area contributed by atoms with Gasteiger partial charge in [-0.05, 0) is 36.8 Å². The lowest BCUT2D eigenvalue weighted by molar-refractivity contribution is -0.118. The van der Waals surface area contributed by atoms with Crippen LogP contribution >= 0.6 is 11.8 Å². The summed E-state index contributed by atoms with van der Waals surface area (Å²) >= 11 is 1.32. The van der Waals surface area contributed by atoms with Gasteiger partial charge in [-0.15, -0.1) is 0 Å². The van der Waals surface area contributed by atoms with Gasteiger partial charge in [0.25, 0.3) is 0 Å². The van der Waals surface area contributed by atoms with E-state index in [1.807, 2.05) is 25.1 Å². The number of nitrogens with one attached hydrogen (secondary N) is 2. The molecule has 0 saturated carbocycles. The van der Waals surface area contributed by atoms with Crippen LogP contribution in [0.4, 0.5) is 0 Å². The van der Waals surface area contributed by atoms with Crippen LogP contribution < -0.4 is 10.1 Å². The maximum Gasteiger partial charge on any atom is 0.335 e. The van der Waals surface area contributed by atoms with Gasteiger partial charge in [0.05, 0.1) is 29.0 Å². The number of carboxylic acid groups (broad SMARTS) is 1. The van der Waals surface area contributed by atoms with Crippen LogP contribution in [0, 0.1) is 0 Å². The van der Waals surface area contributed by atoms with E-state index in [1.54, 1.807) is 12.1 Å². The van der Waals surface area contributed by atoms with Gasteiger partial charge in [-0.25, -0.2) is 9.78 Å². The normalized spacial score (nSPS) is 10.7. The number of nitrogens with zero attached hydrogens (tertiary/aromatic N) is 1. The summed E-state index contributed by atoms with van der Waals surface area (Å²) in [6.45, 7) is 2.87. The summed E-state index contributed by atoms with van der Waals surface area (Å²) in [5, 5.41) is 12.4. The number of aromatic nitrogens is 2. The lowest BCUT2D eigenvalue weighted by Gasteiger charge is -2.05. The van der Waals surface area contributed by atoms with Gasteiger partial charge in [-0.2, -0.15) is 0 Å². The highest BCUT2D eigenvalue weighted by molar-refractivity contribution is 7.99. The lowest BCUT2D eigenvalue weighted by atomic mass is 10.1. The number of hydrogen-bond acceptors (Lipinski definition) is 5. The van der Waals surface area contributed by atoms with Crippen LogP contribution in [0.15, 0.2) is 47.6 Å². The topological polar surface area (TPSA) is 104 Å². The number of benzene rings is 2. The highest BCUT2D eigenvalue weighted by Gasteiger charge is 2.08. The molecule has 27 heavy (non-hydrogen) atoms. The molecule has 0 radical (unpaired) electrons. The minimum atomic E-state index is -0.971. The number of carboxylic acids is 1. The number of imidazole rings is 1. The Morgan fingerprint density at radius 1 is 1.22 bits per heavy atom. The first-order chi connectivity index (χ1) is 13.0. The molecule has 1 aromatic heterocycles. The Balaban J connectivity index is 1.51. The highest BCUT2D eigenvalue weighted by Crippen LogP contribution is 2.23. The lowest BCUT2D eigenvalue weighted by Crippen LogP contribution is -2.24. The van der Waals surface area contributed by atoms with Crippen molar-refractivity contribution < 1.29 is 19.4 Å². The van der Waals surface area contributed by atoms with E-state index in [9.17, 15) is 9.59 Å². The van der Waals surface area contributed by atoms with E-state index in [-0.39, 0.29) is 17.2 Å². The van der Waals surface area contributed by atoms with Crippen LogP contribution in [0.3, 0.4) is 0 Å². The molecule has 1 amide bonds. The van der Waals surface area contributed by atoms with E-state index < -0.39 is 5.97 Å². The number of fused-ring (bicyclic) bond motifs is 1. The van der Waals surface area contributed by atoms with Crippen molar-refractivity contribution in [3.8, 4) is 5.75 Å². The maximum absolute atomic E-state index is 12.0. The van der Waals surface area contributed by atoms with E-state index in [2.05, 4.69) is 15.3 Å². The van der Waals surface area contributed by atoms with E-state index in [4.69, 9.17) is 9.84 Å². The van der Waals surface area contributed by atoms with E-state index >= 15 is 0 Å². The molecule has 0 fully saturated rings. The number of H-pyrrole nitrogens is 1. The zero-order valence-corrected chi connectivity index (χ0v) is 15.5. The average molecular weight is 385 g/mol. The van der Waals surface area contributed by atoms with Crippen LogP contribution in [0.1, 0.15) is 22.8 Å². The summed E-state index contributed by atoms with van der Waals surface area (Å²) in [5.41, 5.74) is 2.74. The summed E-state index contributed by atoms with van der Waals surface area (Å²) in [4.78, 5) is 30.5. The summed E-state index contributed by atoms with van der Waals surface area (Å²) < 4.78 is 5.46. The molecule has 7 nitrogen and oxygen atoms in total. The van der Waals surface area contributed by atoms with Crippen molar-refractivity contribution in [2.24, 2.45) is 0 Å². The Bertz CT molecular complexity index is 953. The minimum Gasteiger partial charge on any atom is -0.494 e. The monoisotopic (exact) mass is 385 g/mol. The van der Waals surface area contributed by atoms with Crippen LogP contribution in [-0.4, -0.2) is 39.3 Å². The second kappa shape index (κ2) is 8.59. The van der Waals surface area contributed by atoms with Crippen molar-refractivity contribution >= 4 is 34.7 Å². The van der Waals surface area contributed by atoms with Crippen LogP contribution in [0.5, 0.6) is 5.75 Å². The number of carbonyl (C=O) groups excluding carboxylic acids is 1. The molecule has 3 aromatic rings. The standard InChI is InChI=1S/C19H19N3O4S/c1-2-26-14-7-8-15-16(9-14)22-19(21-15)27-11-17(23)20-10-12-3-5-13(6-4-12)18(24)25/h3-9H,2,10-11H2,1H3,(H,20,23)(H,21,22)(H,24,25). The molecule has 0 spiro atoms. The first kappa shape index (κ1) is 18.8. The SMILES string of the molecule is CCOc1ccc2nc(SCC(=O)NCc3ccc(C(=O)O)cc3)[nH]c2c1. The summed E-state index contributed by atoms with van der Waals surface area (Å²) in [6.07, 6.45) is 0. The van der Waals surface area contributed by atoms with Gasteiger partial charge in [0.1, 0.15) is 5.75 Å². The van der Waals surface area contributed by atoms with Crippen LogP contribution in [0.2, 0.25) is 0 Å². The minimum absolute atomic E-state index is 0.127. The quantitative estimate of drug-likeness (QED) is 0.515. The first-order valence-corrected chi connectivity index (χ1v) is 9.38. The molecule has 0 atom stereocenters. The molecular weight excluding hydrogens is 366 g/mol. The van der Waals surface area contributed by atoms with Gasteiger partial charge >= 0.3 is 5.97 Å². The summed E-state index contributed by atoms with van der Waals surface area (Å²) in [6, 6.07) is 12.0. The first-order valence-electron chi connectivity index (χ1n) is 8.39. The predicted octanol–water partition coefficient (Wildman–Crippen LogP) is 3.07. The molecule has 3 N–H and O–H groups in total. The van der Waals surface area contributed by atoms with Crippen molar-refractivity contribution in [2.75, 3.05) is 12.4 Å². The number of rotatable bonds is 8. The molecule has 0 aliphatic heterocycles. The molecule has 3 rings (SSSR count). The van der Waals surface area contributed by atoms with Gasteiger partial charge in [-0.3, -0.25) is 4.79 Å². The molecule has 0 aliphatic carbocycles. The molecular formula is C19H19N3O4S. The fourth-order valence-corrected chi connectivity index (χ4v) is 3.16. The Kier molecular flexibility index (Phi) is 5.97. The number of ether oxygens (including phenoxy) is 1. The zero-order chi connectivity index (χ0) is 19.2. The molecule has 0 saturated heterocycles. The Morgan fingerprint density at radius 3 is 2.70 bits per heavy atom. The Hall–Kier alpha value is -3.00. The van der Waals surface area contributed by atoms with Gasteiger partial charge in [0, 0.05) is 12.6 Å². The number of thioether (sulfide) groups is 1. The van der Waals surface area contributed by atoms with E-state index in [1.165, 1.54) is 23.9 Å². The molecule has 0 unspecified atom stereocenters. The van der Waals surface area contributed by atoms with Crippen molar-refractivity contribution in [1.82, 2.24) is 15.3 Å². The van der Waals surface area contributed by atoms with Crippen molar-refractivity contribution in [3.63, 3.8) is 0 Å². The molecule has 0 bridgehead atoms. The van der Waals surface area contributed by atoms with Gasteiger partial charge in [0.2, 0.25) is 5.91 Å². The largest absolute Gasteiger partial charge is 0.494 e. The highest BCUT2D eigenvalue weighted by atomic mass is 32.2. The molecule has 2 aromatic carbocycles. The number of aromatic carboxylic acids is 1. The second-order valence-electron chi connectivity index (χ2n) is 5.72. The fraction of sp³-hybridized carbons (Fsp3) is 0.211. The summed E-state index contributed by atoms with van der Waals surface area (Å²) in [5.74, 6) is -0.0958. The molecule has 1 heterocycles. The van der Waals surface area contributed by atoms with Gasteiger partial charge < -0.3 is 20.1 Å². The second-order valence-corrected chi connectivity index (χ2v) is 6.69. The third kappa shape index (κ3) is 5.01. The number of hydrogen-bond donors (Lipinski definition) is 3. The number of carbonyl (C=O) groups is 2. The van der Waals surface area contributed by atoms with E-state index in [0.717, 1.165) is 22.3 Å². The van der Waals surface area contributed by atoms with Crippen molar-refractivity contribution in [1.29, 1.82) is 0 Å². The van der Waals surface area contributed by atoms with Crippen LogP contribution in [-0.2, 0) is 11.3 Å². The maximum atomic E-state index is 12.0. The predicted molar refractivity (Wildman–Crippen MR) is 103 cm³/mol. The third-order valence-electron chi connectivity index (χ3n) is 3.77. The average Bonchev–Trinajstić information content (AvgIpc) is 3.07. The third-order valence-corrected chi connectivity index (χ3v) is 4.65. The summed E-state index contributed by atoms with van der Waals surface area (Å²) in [7, 11) is 0. The molecule has 0 aliphatic rings. The van der Waals surface area contributed by atoms with Gasteiger partial charge in [0.15, 0.2) is 5.16 Å². The number of aromatic amines is 1. The Labute approximate surface area is 160 Å². The van der Waals surface area contributed by atoms with Crippen LogP contribution in [0.25, 0.3) is 11.0 Å². The Morgan fingerprint density at radius 2 is 2.00 bits per heavy atom. The smallest absolute Gasteiger partial charge is 0.335 e. The van der Waals surface area contributed by atoms with Crippen molar-refractivity contribution in [2.45, 2.75) is 18.6 Å². The number of amides is 1. The van der Waals surface area contributed by atoms with Gasteiger partial charge in [-0.1, -0.05) is 23.9 Å². The molecule has 8 heteroatoms. The van der Waals surface area contributed by atoms with Crippen molar-refractivity contribution in [3.05, 3.63) is 53.6 Å². The zero-order valence-electron chi connectivity index (χ0n) is 14.7. The van der Waals surface area contributed by atoms with E-state index in [0.29, 0.717) is 18.3 Å².